The highest BCUT2D eigenvalue weighted by atomic mass is 32.1. The third-order valence-electron chi connectivity index (χ3n) is 2.51. The maximum absolute atomic E-state index is 13.1. The molecule has 0 spiro atoms. The van der Waals surface area contributed by atoms with Gasteiger partial charge in [-0.2, -0.15) is 0 Å². The molecule has 0 saturated heterocycles. The van der Waals surface area contributed by atoms with Crippen LogP contribution in [0.15, 0.2) is 36.5 Å². The summed E-state index contributed by atoms with van der Waals surface area (Å²) >= 11 is 4.84. The van der Waals surface area contributed by atoms with Gasteiger partial charge >= 0.3 is 0 Å². The molecule has 0 unspecified atom stereocenters. The molecule has 0 bridgehead atoms. The van der Waals surface area contributed by atoms with Crippen molar-refractivity contribution in [2.45, 2.75) is 6.92 Å². The summed E-state index contributed by atoms with van der Waals surface area (Å²) in [6, 6.07) is 8.08. The Labute approximate surface area is 110 Å². The fourth-order valence-corrected chi connectivity index (χ4v) is 1.60. The molecule has 0 radical (unpaired) electrons. The second-order valence-corrected chi connectivity index (χ2v) is 4.32. The van der Waals surface area contributed by atoms with Crippen molar-refractivity contribution in [2.75, 3.05) is 5.32 Å². The number of nitrogens with one attached hydrogen (secondary N) is 1. The van der Waals surface area contributed by atoms with Gasteiger partial charge in [0.25, 0.3) is 0 Å². The second-order valence-electron chi connectivity index (χ2n) is 3.88. The van der Waals surface area contributed by atoms with Gasteiger partial charge in [0.05, 0.1) is 0 Å². The summed E-state index contributed by atoms with van der Waals surface area (Å²) in [6.45, 7) is 1.89. The molecule has 5 heteroatoms. The highest BCUT2D eigenvalue weighted by Gasteiger charge is 2.02. The van der Waals surface area contributed by atoms with Crippen LogP contribution in [0.4, 0.5) is 15.9 Å². The number of hydrogen-bond donors (Lipinski definition) is 2. The van der Waals surface area contributed by atoms with E-state index in [1.807, 2.05) is 6.92 Å². The zero-order valence-electron chi connectivity index (χ0n) is 9.77. The van der Waals surface area contributed by atoms with E-state index in [0.717, 1.165) is 5.56 Å². The van der Waals surface area contributed by atoms with Gasteiger partial charge in [-0.05, 0) is 36.8 Å². The lowest BCUT2D eigenvalue weighted by atomic mass is 10.2. The molecule has 1 aromatic carbocycles. The molecule has 92 valence electrons. The van der Waals surface area contributed by atoms with E-state index in [1.165, 1.54) is 12.1 Å². The summed E-state index contributed by atoms with van der Waals surface area (Å²) in [5.74, 6) is 0.326. The maximum atomic E-state index is 13.1. The summed E-state index contributed by atoms with van der Waals surface area (Å²) in [5, 5.41) is 3.04. The van der Waals surface area contributed by atoms with Crippen LogP contribution in [-0.4, -0.2) is 9.97 Å². The number of aromatic nitrogens is 1. The lowest BCUT2D eigenvalue weighted by Crippen LogP contribution is -2.09. The van der Waals surface area contributed by atoms with E-state index in [2.05, 4.69) is 10.3 Å². The molecule has 2 aromatic rings. The van der Waals surface area contributed by atoms with Crippen molar-refractivity contribution in [2.24, 2.45) is 5.73 Å². The first kappa shape index (κ1) is 12.4. The summed E-state index contributed by atoms with van der Waals surface area (Å²) in [5.41, 5.74) is 7.81. The first-order chi connectivity index (χ1) is 8.56. The van der Waals surface area contributed by atoms with Gasteiger partial charge in [-0.25, -0.2) is 9.37 Å². The van der Waals surface area contributed by atoms with Crippen molar-refractivity contribution < 1.29 is 4.39 Å². The normalized spacial score (nSPS) is 10.1. The molecule has 3 nitrogen and oxygen atoms in total. The maximum Gasteiger partial charge on any atom is 0.130 e. The van der Waals surface area contributed by atoms with Crippen molar-refractivity contribution in [3.63, 3.8) is 0 Å². The molecule has 0 aliphatic heterocycles. The minimum atomic E-state index is -0.289. The molecule has 0 atom stereocenters. The summed E-state index contributed by atoms with van der Waals surface area (Å²) in [7, 11) is 0. The first-order valence-corrected chi connectivity index (χ1v) is 5.76. The van der Waals surface area contributed by atoms with Crippen LogP contribution in [-0.2, 0) is 0 Å². The van der Waals surface area contributed by atoms with Crippen LogP contribution >= 0.6 is 12.2 Å². The third-order valence-corrected chi connectivity index (χ3v) is 2.75. The number of aryl methyl sites for hydroxylation is 1. The van der Waals surface area contributed by atoms with Gasteiger partial charge in [-0.1, -0.05) is 18.3 Å². The SMILES string of the molecule is Cc1ccc(F)cc1Nc1ccc(C(N)=S)cn1. The quantitative estimate of drug-likeness (QED) is 0.834. The molecule has 18 heavy (non-hydrogen) atoms. The van der Waals surface area contributed by atoms with E-state index in [0.29, 0.717) is 22.1 Å². The zero-order valence-corrected chi connectivity index (χ0v) is 10.6. The molecule has 0 fully saturated rings. The van der Waals surface area contributed by atoms with Gasteiger partial charge in [-0.15, -0.1) is 0 Å². The van der Waals surface area contributed by atoms with Crippen molar-refractivity contribution in [1.29, 1.82) is 0 Å². The summed E-state index contributed by atoms with van der Waals surface area (Å²) in [4.78, 5) is 4.47. The molecule has 2 rings (SSSR count). The topological polar surface area (TPSA) is 50.9 Å². The van der Waals surface area contributed by atoms with E-state index in [9.17, 15) is 4.39 Å². The summed E-state index contributed by atoms with van der Waals surface area (Å²) in [6.07, 6.45) is 1.58. The van der Waals surface area contributed by atoms with Crippen molar-refractivity contribution in [1.82, 2.24) is 4.98 Å². The predicted molar refractivity (Wildman–Crippen MR) is 74.5 cm³/mol. The van der Waals surface area contributed by atoms with Crippen molar-refractivity contribution in [3.8, 4) is 0 Å². The van der Waals surface area contributed by atoms with E-state index in [4.69, 9.17) is 18.0 Å². The lowest BCUT2D eigenvalue weighted by molar-refractivity contribution is 0.628. The standard InChI is InChI=1S/C13H12FN3S/c1-8-2-4-10(14)6-11(8)17-12-5-3-9(7-16-12)13(15)18/h2-7H,1H3,(H2,15,18)(H,16,17). The largest absolute Gasteiger partial charge is 0.389 e. The fraction of sp³-hybridized carbons (Fsp3) is 0.0769. The smallest absolute Gasteiger partial charge is 0.130 e. The van der Waals surface area contributed by atoms with Crippen LogP contribution in [0.3, 0.4) is 0 Å². The molecule has 1 heterocycles. The number of pyridine rings is 1. The van der Waals surface area contributed by atoms with E-state index < -0.39 is 0 Å². The van der Waals surface area contributed by atoms with Crippen LogP contribution in [0.2, 0.25) is 0 Å². The number of rotatable bonds is 3. The van der Waals surface area contributed by atoms with Crippen molar-refractivity contribution >= 4 is 28.7 Å². The van der Waals surface area contributed by atoms with Gasteiger partial charge in [0, 0.05) is 17.4 Å². The highest BCUT2D eigenvalue weighted by molar-refractivity contribution is 7.80. The number of thiocarbonyl (C=S) groups is 1. The first-order valence-electron chi connectivity index (χ1n) is 5.35. The van der Waals surface area contributed by atoms with Gasteiger partial charge in [-0.3, -0.25) is 0 Å². The van der Waals surface area contributed by atoms with Crippen LogP contribution in [0.25, 0.3) is 0 Å². The Morgan fingerprint density at radius 3 is 2.72 bits per heavy atom. The average Bonchev–Trinajstić information content (AvgIpc) is 2.34. The third kappa shape index (κ3) is 2.81. The molecule has 1 aromatic heterocycles. The second kappa shape index (κ2) is 5.10. The van der Waals surface area contributed by atoms with Crippen LogP contribution in [0, 0.1) is 12.7 Å². The molecule has 0 amide bonds. The molecule has 3 N–H and O–H groups in total. The highest BCUT2D eigenvalue weighted by Crippen LogP contribution is 2.20. The molecule has 0 saturated carbocycles. The Morgan fingerprint density at radius 2 is 2.11 bits per heavy atom. The van der Waals surface area contributed by atoms with Crippen LogP contribution < -0.4 is 11.1 Å². The zero-order chi connectivity index (χ0) is 13.1. The molecular weight excluding hydrogens is 249 g/mol. The Bertz CT molecular complexity index is 581. The van der Waals surface area contributed by atoms with E-state index in [-0.39, 0.29) is 5.82 Å². The lowest BCUT2D eigenvalue weighted by Gasteiger charge is -2.09. The number of hydrogen-bond acceptors (Lipinski definition) is 3. The Morgan fingerprint density at radius 1 is 1.33 bits per heavy atom. The number of nitrogens with two attached hydrogens (primary N) is 1. The predicted octanol–water partition coefficient (Wildman–Crippen LogP) is 2.91. The summed E-state index contributed by atoms with van der Waals surface area (Å²) < 4.78 is 13.1. The monoisotopic (exact) mass is 261 g/mol. The molecular formula is C13H12FN3S. The number of halogens is 1. The van der Waals surface area contributed by atoms with Crippen LogP contribution in [0.1, 0.15) is 11.1 Å². The fourth-order valence-electron chi connectivity index (χ4n) is 1.48. The van der Waals surface area contributed by atoms with Gasteiger partial charge in [0.2, 0.25) is 0 Å². The minimum absolute atomic E-state index is 0.289. The number of nitrogens with zero attached hydrogens (tertiary/aromatic N) is 1. The van der Waals surface area contributed by atoms with Gasteiger partial charge in [0.1, 0.15) is 16.6 Å². The Hall–Kier alpha value is -2.01. The van der Waals surface area contributed by atoms with E-state index >= 15 is 0 Å². The average molecular weight is 261 g/mol. The Balaban J connectivity index is 2.23. The van der Waals surface area contributed by atoms with Gasteiger partial charge in [0.15, 0.2) is 0 Å². The van der Waals surface area contributed by atoms with Gasteiger partial charge < -0.3 is 11.1 Å². The number of anilines is 2. The van der Waals surface area contributed by atoms with Crippen molar-refractivity contribution in [3.05, 3.63) is 53.5 Å². The Kier molecular flexibility index (Phi) is 3.53. The molecule has 0 aliphatic carbocycles. The van der Waals surface area contributed by atoms with Crippen LogP contribution in [0.5, 0.6) is 0 Å². The number of benzene rings is 1. The van der Waals surface area contributed by atoms with E-state index in [1.54, 1.807) is 24.4 Å². The molecule has 0 aliphatic rings. The minimum Gasteiger partial charge on any atom is -0.389 e.